The average molecular weight is 354 g/mol. The zero-order valence-corrected chi connectivity index (χ0v) is 15.2. The van der Waals surface area contributed by atoms with Crippen LogP contribution in [0.1, 0.15) is 56.8 Å². The van der Waals surface area contributed by atoms with Crippen LogP contribution in [-0.4, -0.2) is 22.4 Å². The number of nitrogens with zero attached hydrogens (tertiary/aromatic N) is 2. The molecule has 4 heteroatoms. The molecule has 1 aromatic rings. The molecule has 1 atom stereocenters. The lowest BCUT2D eigenvalue weighted by molar-refractivity contribution is 0.477. The van der Waals surface area contributed by atoms with Gasteiger partial charge < -0.3 is 5.32 Å². The van der Waals surface area contributed by atoms with Crippen LogP contribution in [0.15, 0.2) is 16.1 Å². The molecule has 0 radical (unpaired) electrons. The first-order valence-corrected chi connectivity index (χ1v) is 9.00. The van der Waals surface area contributed by atoms with E-state index in [9.17, 15) is 0 Å². The summed E-state index contributed by atoms with van der Waals surface area (Å²) in [5.74, 6) is 0. The summed E-state index contributed by atoms with van der Waals surface area (Å²) < 4.78 is 3.20. The van der Waals surface area contributed by atoms with Gasteiger partial charge in [-0.25, -0.2) is 0 Å². The number of rotatable bonds is 7. The third kappa shape index (κ3) is 4.68. The lowest BCUT2D eigenvalue weighted by atomic mass is 9.92. The maximum Gasteiger partial charge on any atom is 0.0738 e. The third-order valence-corrected chi connectivity index (χ3v) is 5.31. The van der Waals surface area contributed by atoms with E-state index in [1.165, 1.54) is 48.7 Å². The molecule has 0 fully saturated rings. The van der Waals surface area contributed by atoms with Crippen molar-refractivity contribution in [3.8, 4) is 0 Å². The zero-order valence-electron chi connectivity index (χ0n) is 13.6. The minimum atomic E-state index is 0.514. The van der Waals surface area contributed by atoms with E-state index in [-0.39, 0.29) is 0 Å². The van der Waals surface area contributed by atoms with Gasteiger partial charge >= 0.3 is 0 Å². The number of aryl methyl sites for hydroxylation is 2. The summed E-state index contributed by atoms with van der Waals surface area (Å²) in [7, 11) is 2.05. The van der Waals surface area contributed by atoms with Crippen molar-refractivity contribution in [2.75, 3.05) is 6.54 Å². The first-order valence-electron chi connectivity index (χ1n) is 8.21. The van der Waals surface area contributed by atoms with Crippen molar-refractivity contribution in [2.24, 2.45) is 7.05 Å². The highest BCUT2D eigenvalue weighted by Crippen LogP contribution is 2.25. The maximum atomic E-state index is 4.52. The molecule has 1 aromatic heterocycles. The summed E-state index contributed by atoms with van der Waals surface area (Å²) in [5.41, 5.74) is 4.03. The van der Waals surface area contributed by atoms with E-state index in [2.05, 4.69) is 46.3 Å². The van der Waals surface area contributed by atoms with Gasteiger partial charge in [-0.15, -0.1) is 0 Å². The fourth-order valence-electron chi connectivity index (χ4n) is 3.11. The minimum Gasteiger partial charge on any atom is -0.313 e. The minimum absolute atomic E-state index is 0.514. The average Bonchev–Trinajstić information content (AvgIpc) is 2.72. The lowest BCUT2D eigenvalue weighted by Crippen LogP contribution is -2.33. The van der Waals surface area contributed by atoms with Gasteiger partial charge in [0.1, 0.15) is 0 Å². The highest BCUT2D eigenvalue weighted by molar-refractivity contribution is 9.10. The molecule has 0 aromatic carbocycles. The Bertz CT molecular complexity index is 490. The van der Waals surface area contributed by atoms with Crippen molar-refractivity contribution in [1.29, 1.82) is 0 Å². The summed E-state index contributed by atoms with van der Waals surface area (Å²) in [6.45, 7) is 5.38. The molecule has 1 aliphatic rings. The fraction of sp³-hybridized carbons (Fsp3) is 0.706. The van der Waals surface area contributed by atoms with E-state index in [0.29, 0.717) is 6.04 Å². The van der Waals surface area contributed by atoms with Gasteiger partial charge in [-0.1, -0.05) is 18.6 Å². The Balaban J connectivity index is 2.06. The van der Waals surface area contributed by atoms with E-state index in [1.54, 1.807) is 5.57 Å². The largest absolute Gasteiger partial charge is 0.313 e. The second kappa shape index (κ2) is 8.14. The molecule has 1 aliphatic carbocycles. The van der Waals surface area contributed by atoms with Crippen molar-refractivity contribution >= 4 is 15.9 Å². The number of halogens is 1. The van der Waals surface area contributed by atoms with Gasteiger partial charge in [0.2, 0.25) is 0 Å². The smallest absolute Gasteiger partial charge is 0.0738 e. The Morgan fingerprint density at radius 3 is 2.76 bits per heavy atom. The topological polar surface area (TPSA) is 29.9 Å². The molecule has 0 bridgehead atoms. The Morgan fingerprint density at radius 2 is 2.19 bits per heavy atom. The second-order valence-electron chi connectivity index (χ2n) is 6.14. The molecule has 1 N–H and O–H groups in total. The second-order valence-corrected chi connectivity index (χ2v) is 6.93. The van der Waals surface area contributed by atoms with E-state index >= 15 is 0 Å². The third-order valence-electron chi connectivity index (χ3n) is 4.28. The van der Waals surface area contributed by atoms with Crippen molar-refractivity contribution in [3.05, 3.63) is 27.5 Å². The van der Waals surface area contributed by atoms with Crippen LogP contribution in [0.2, 0.25) is 0 Å². The Morgan fingerprint density at radius 1 is 1.38 bits per heavy atom. The summed E-state index contributed by atoms with van der Waals surface area (Å²) in [4.78, 5) is 0. The van der Waals surface area contributed by atoms with E-state index < -0.39 is 0 Å². The molecular formula is C17H28BrN3. The predicted octanol–water partition coefficient (Wildman–Crippen LogP) is 4.29. The Labute approximate surface area is 137 Å². The van der Waals surface area contributed by atoms with Crippen LogP contribution in [0.3, 0.4) is 0 Å². The van der Waals surface area contributed by atoms with Gasteiger partial charge in [-0.05, 0) is 67.9 Å². The van der Waals surface area contributed by atoms with Crippen LogP contribution in [0.4, 0.5) is 0 Å². The molecule has 0 saturated carbocycles. The van der Waals surface area contributed by atoms with Gasteiger partial charge in [-0.3, -0.25) is 4.68 Å². The first-order chi connectivity index (χ1) is 10.1. The van der Waals surface area contributed by atoms with E-state index in [1.807, 2.05) is 11.7 Å². The molecular weight excluding hydrogens is 326 g/mol. The molecule has 0 aliphatic heterocycles. The lowest BCUT2D eigenvalue weighted by Gasteiger charge is -2.22. The van der Waals surface area contributed by atoms with Crippen molar-refractivity contribution < 1.29 is 0 Å². The number of hydrogen-bond donors (Lipinski definition) is 1. The molecule has 0 spiro atoms. The molecule has 3 nitrogen and oxygen atoms in total. The Kier molecular flexibility index (Phi) is 6.49. The quantitative estimate of drug-likeness (QED) is 0.740. The van der Waals surface area contributed by atoms with Gasteiger partial charge in [-0.2, -0.15) is 5.10 Å². The first kappa shape index (κ1) is 16.8. The van der Waals surface area contributed by atoms with Gasteiger partial charge in [0, 0.05) is 19.5 Å². The highest BCUT2D eigenvalue weighted by Gasteiger charge is 2.18. The Hall–Kier alpha value is -0.610. The van der Waals surface area contributed by atoms with Crippen LogP contribution < -0.4 is 5.32 Å². The van der Waals surface area contributed by atoms with Crippen LogP contribution in [0.5, 0.6) is 0 Å². The molecule has 2 rings (SSSR count). The van der Waals surface area contributed by atoms with Crippen molar-refractivity contribution in [1.82, 2.24) is 15.1 Å². The van der Waals surface area contributed by atoms with E-state index in [4.69, 9.17) is 0 Å². The van der Waals surface area contributed by atoms with Crippen molar-refractivity contribution in [3.63, 3.8) is 0 Å². The molecule has 21 heavy (non-hydrogen) atoms. The molecule has 0 saturated heterocycles. The van der Waals surface area contributed by atoms with Gasteiger partial charge in [0.05, 0.1) is 15.9 Å². The number of aromatic nitrogens is 2. The van der Waals surface area contributed by atoms with E-state index in [0.717, 1.165) is 18.7 Å². The van der Waals surface area contributed by atoms with Crippen LogP contribution in [0.25, 0.3) is 0 Å². The highest BCUT2D eigenvalue weighted by atomic mass is 79.9. The monoisotopic (exact) mass is 353 g/mol. The van der Waals surface area contributed by atoms with Crippen molar-refractivity contribution in [2.45, 2.75) is 64.8 Å². The zero-order chi connectivity index (χ0) is 15.2. The summed E-state index contributed by atoms with van der Waals surface area (Å²) >= 11 is 3.70. The van der Waals surface area contributed by atoms with Crippen LogP contribution in [-0.2, 0) is 13.5 Å². The standard InChI is InChI=1S/C17H28BrN3/c1-4-10-19-15(11-14-8-6-5-7-9-14)12-16-17(18)13(2)20-21(16)3/h8,15,19H,4-7,9-12H2,1-3H3. The van der Waals surface area contributed by atoms with Crippen LogP contribution in [0, 0.1) is 6.92 Å². The number of allylic oxidation sites excluding steroid dienone is 1. The van der Waals surface area contributed by atoms with Gasteiger partial charge in [0.15, 0.2) is 0 Å². The summed E-state index contributed by atoms with van der Waals surface area (Å²) in [6, 6.07) is 0.514. The fourth-order valence-corrected chi connectivity index (χ4v) is 3.60. The number of hydrogen-bond acceptors (Lipinski definition) is 2. The maximum absolute atomic E-state index is 4.52. The molecule has 0 amide bonds. The van der Waals surface area contributed by atoms with Gasteiger partial charge in [0.25, 0.3) is 0 Å². The summed E-state index contributed by atoms with van der Waals surface area (Å²) in [5, 5.41) is 8.24. The molecule has 118 valence electrons. The molecule has 1 unspecified atom stereocenters. The SMILES string of the molecule is CCCNC(CC1=CCCCC1)Cc1c(Br)c(C)nn1C. The summed E-state index contributed by atoms with van der Waals surface area (Å²) in [6.07, 6.45) is 11.1. The predicted molar refractivity (Wildman–Crippen MR) is 92.6 cm³/mol. The molecule has 1 heterocycles. The van der Waals surface area contributed by atoms with Crippen LogP contribution >= 0.6 is 15.9 Å². The number of nitrogens with one attached hydrogen (secondary N) is 1. The normalized spacial score (nSPS) is 16.9.